The molecule has 96 valence electrons. The summed E-state index contributed by atoms with van der Waals surface area (Å²) in [4.78, 5) is 13.7. The monoisotopic (exact) mass is 250 g/mol. The molecule has 2 atom stereocenters. The number of methoxy groups -OCH3 is 1. The summed E-state index contributed by atoms with van der Waals surface area (Å²) in [6, 6.07) is -0.328. The molecule has 16 heavy (non-hydrogen) atoms. The van der Waals surface area contributed by atoms with Crippen molar-refractivity contribution in [2.75, 3.05) is 26.8 Å². The molecule has 1 saturated heterocycles. The summed E-state index contributed by atoms with van der Waals surface area (Å²) in [6.07, 6.45) is 2.93. The van der Waals surface area contributed by atoms with Gasteiger partial charge in [-0.05, 0) is 25.2 Å². The first-order valence-corrected chi connectivity index (χ1v) is 5.72. The lowest BCUT2D eigenvalue weighted by molar-refractivity contribution is -0.134. The van der Waals surface area contributed by atoms with Crippen LogP contribution in [0.1, 0.15) is 26.2 Å². The average molecular weight is 251 g/mol. The molecule has 2 N–H and O–H groups in total. The highest BCUT2D eigenvalue weighted by Gasteiger charge is 2.25. The van der Waals surface area contributed by atoms with Crippen LogP contribution in [0, 0.1) is 5.92 Å². The molecule has 1 amide bonds. The Morgan fingerprint density at radius 3 is 2.88 bits per heavy atom. The molecule has 0 aliphatic carbocycles. The number of hydrogen-bond donors (Lipinski definition) is 1. The van der Waals surface area contributed by atoms with Gasteiger partial charge < -0.3 is 15.4 Å². The topological polar surface area (TPSA) is 55.6 Å². The van der Waals surface area contributed by atoms with Crippen molar-refractivity contribution < 1.29 is 9.53 Å². The first-order valence-electron chi connectivity index (χ1n) is 5.72. The van der Waals surface area contributed by atoms with Crippen molar-refractivity contribution in [1.29, 1.82) is 0 Å². The average Bonchev–Trinajstić information content (AvgIpc) is 2.28. The van der Waals surface area contributed by atoms with Gasteiger partial charge in [-0.3, -0.25) is 4.79 Å². The van der Waals surface area contributed by atoms with Crippen LogP contribution in [-0.2, 0) is 9.53 Å². The van der Waals surface area contributed by atoms with Crippen LogP contribution in [0.15, 0.2) is 0 Å². The van der Waals surface area contributed by atoms with Gasteiger partial charge in [0.05, 0.1) is 12.6 Å². The van der Waals surface area contributed by atoms with Crippen LogP contribution in [0.2, 0.25) is 0 Å². The molecule has 0 aromatic heterocycles. The molecule has 0 radical (unpaired) electrons. The fourth-order valence-electron chi connectivity index (χ4n) is 2.05. The minimum Gasteiger partial charge on any atom is -0.384 e. The van der Waals surface area contributed by atoms with Gasteiger partial charge in [-0.2, -0.15) is 0 Å². The van der Waals surface area contributed by atoms with Crippen molar-refractivity contribution in [1.82, 2.24) is 4.90 Å². The van der Waals surface area contributed by atoms with E-state index in [4.69, 9.17) is 10.5 Å². The van der Waals surface area contributed by atoms with Crippen molar-refractivity contribution >= 4 is 18.3 Å². The molecule has 1 aliphatic rings. The van der Waals surface area contributed by atoms with Crippen LogP contribution in [0.25, 0.3) is 0 Å². The van der Waals surface area contributed by atoms with Crippen LogP contribution in [-0.4, -0.2) is 43.7 Å². The number of carbonyl (C=O) groups excluding carboxylic acids is 1. The second kappa shape index (κ2) is 7.87. The summed E-state index contributed by atoms with van der Waals surface area (Å²) < 4.78 is 5.13. The minimum absolute atomic E-state index is 0. The van der Waals surface area contributed by atoms with Crippen LogP contribution < -0.4 is 5.73 Å². The lowest BCUT2D eigenvalue weighted by Crippen LogP contribution is -2.48. The van der Waals surface area contributed by atoms with E-state index in [9.17, 15) is 4.79 Å². The highest BCUT2D eigenvalue weighted by Crippen LogP contribution is 2.17. The third-order valence-electron chi connectivity index (χ3n) is 2.99. The van der Waals surface area contributed by atoms with Gasteiger partial charge in [0.2, 0.25) is 5.91 Å². The lowest BCUT2D eigenvalue weighted by atomic mass is 9.98. The molecule has 1 rings (SSSR count). The smallest absolute Gasteiger partial charge is 0.239 e. The highest BCUT2D eigenvalue weighted by atomic mass is 35.5. The van der Waals surface area contributed by atoms with Gasteiger partial charge in [0.1, 0.15) is 0 Å². The Kier molecular flexibility index (Phi) is 7.72. The fourth-order valence-corrected chi connectivity index (χ4v) is 2.05. The molecule has 5 heteroatoms. The molecule has 0 spiro atoms. The van der Waals surface area contributed by atoms with E-state index in [1.807, 2.05) is 11.8 Å². The number of likely N-dealkylation sites (tertiary alicyclic amines) is 1. The maximum Gasteiger partial charge on any atom is 0.239 e. The van der Waals surface area contributed by atoms with Gasteiger partial charge in [-0.25, -0.2) is 0 Å². The molecule has 0 aromatic rings. The van der Waals surface area contributed by atoms with Gasteiger partial charge in [-0.1, -0.05) is 6.92 Å². The number of ether oxygens (including phenoxy) is 1. The summed E-state index contributed by atoms with van der Waals surface area (Å²) in [7, 11) is 1.71. The maximum atomic E-state index is 11.8. The summed E-state index contributed by atoms with van der Waals surface area (Å²) >= 11 is 0. The zero-order valence-corrected chi connectivity index (χ0v) is 11.0. The van der Waals surface area contributed by atoms with Gasteiger partial charge in [-0.15, -0.1) is 12.4 Å². The first-order chi connectivity index (χ1) is 7.19. The Labute approximate surface area is 104 Å². The van der Waals surface area contributed by atoms with Crippen LogP contribution in [0.4, 0.5) is 0 Å². The zero-order chi connectivity index (χ0) is 11.3. The van der Waals surface area contributed by atoms with Gasteiger partial charge in [0, 0.05) is 20.2 Å². The number of hydrogen-bond acceptors (Lipinski definition) is 3. The minimum atomic E-state index is -0.328. The Bertz CT molecular complexity index is 212. The molecule has 0 bridgehead atoms. The molecule has 1 aliphatic heterocycles. The molecule has 4 nitrogen and oxygen atoms in total. The van der Waals surface area contributed by atoms with Crippen molar-refractivity contribution in [2.24, 2.45) is 11.7 Å². The standard InChI is InChI=1S/C11H22N2O2.ClH/c1-3-10(12)11(14)13-6-4-5-9(7-13)8-15-2;/h9-10H,3-8,12H2,1-2H3;1H/t9?,10-;/m0./s1. The predicted octanol–water partition coefficient (Wildman–Crippen LogP) is 1.03. The molecule has 1 unspecified atom stereocenters. The molecule has 0 saturated carbocycles. The molecule has 1 heterocycles. The van der Waals surface area contributed by atoms with E-state index in [0.717, 1.165) is 32.5 Å². The Morgan fingerprint density at radius 2 is 2.31 bits per heavy atom. The number of carbonyl (C=O) groups is 1. The van der Waals surface area contributed by atoms with E-state index in [2.05, 4.69) is 0 Å². The highest BCUT2D eigenvalue weighted by molar-refractivity contribution is 5.85. The maximum absolute atomic E-state index is 11.8. The number of amides is 1. The summed E-state index contributed by atoms with van der Waals surface area (Å²) in [5.74, 6) is 0.579. The van der Waals surface area contributed by atoms with E-state index in [-0.39, 0.29) is 24.4 Å². The van der Waals surface area contributed by atoms with Crippen molar-refractivity contribution in [3.8, 4) is 0 Å². The van der Waals surface area contributed by atoms with Crippen molar-refractivity contribution in [3.63, 3.8) is 0 Å². The second-order valence-corrected chi connectivity index (χ2v) is 4.26. The first kappa shape index (κ1) is 15.7. The molecular weight excluding hydrogens is 228 g/mol. The summed E-state index contributed by atoms with van der Waals surface area (Å²) in [5, 5.41) is 0. The number of nitrogens with two attached hydrogens (primary N) is 1. The van der Waals surface area contributed by atoms with Gasteiger partial charge in [0.15, 0.2) is 0 Å². The third-order valence-corrected chi connectivity index (χ3v) is 2.99. The Balaban J connectivity index is 0.00000225. The number of rotatable bonds is 4. The number of halogens is 1. The largest absolute Gasteiger partial charge is 0.384 e. The Morgan fingerprint density at radius 1 is 1.62 bits per heavy atom. The SMILES string of the molecule is CC[C@H](N)C(=O)N1CCCC(COC)C1.Cl. The summed E-state index contributed by atoms with van der Waals surface area (Å²) in [5.41, 5.74) is 5.74. The zero-order valence-electron chi connectivity index (χ0n) is 10.1. The van der Waals surface area contributed by atoms with Crippen LogP contribution in [0.5, 0.6) is 0 Å². The number of piperidine rings is 1. The second-order valence-electron chi connectivity index (χ2n) is 4.26. The molecule has 1 fully saturated rings. The van der Waals surface area contributed by atoms with E-state index in [1.54, 1.807) is 7.11 Å². The van der Waals surface area contributed by atoms with E-state index >= 15 is 0 Å². The fraction of sp³-hybridized carbons (Fsp3) is 0.909. The Hall–Kier alpha value is -0.320. The molecular formula is C11H23ClN2O2. The van der Waals surface area contributed by atoms with E-state index in [0.29, 0.717) is 12.3 Å². The van der Waals surface area contributed by atoms with Crippen LogP contribution in [0.3, 0.4) is 0 Å². The van der Waals surface area contributed by atoms with Crippen molar-refractivity contribution in [2.45, 2.75) is 32.2 Å². The normalized spacial score (nSPS) is 22.4. The van der Waals surface area contributed by atoms with E-state index < -0.39 is 0 Å². The van der Waals surface area contributed by atoms with Crippen molar-refractivity contribution in [3.05, 3.63) is 0 Å². The van der Waals surface area contributed by atoms with Crippen LogP contribution >= 0.6 is 12.4 Å². The van der Waals surface area contributed by atoms with E-state index in [1.165, 1.54) is 0 Å². The van der Waals surface area contributed by atoms with Gasteiger partial charge in [0.25, 0.3) is 0 Å². The number of nitrogens with zero attached hydrogens (tertiary/aromatic N) is 1. The van der Waals surface area contributed by atoms with Gasteiger partial charge >= 0.3 is 0 Å². The molecule has 0 aromatic carbocycles. The summed E-state index contributed by atoms with van der Waals surface area (Å²) in [6.45, 7) is 4.34. The third kappa shape index (κ3) is 4.28. The quantitative estimate of drug-likeness (QED) is 0.811. The lowest BCUT2D eigenvalue weighted by Gasteiger charge is -2.33. The predicted molar refractivity (Wildman–Crippen MR) is 66.7 cm³/mol.